The minimum absolute atomic E-state index is 0.855. The van der Waals surface area contributed by atoms with Crippen LogP contribution in [0.4, 0.5) is 5.69 Å². The van der Waals surface area contributed by atoms with E-state index in [-0.39, 0.29) is 0 Å². The Morgan fingerprint density at radius 3 is 2.69 bits per heavy atom. The third-order valence-corrected chi connectivity index (χ3v) is 3.50. The van der Waals surface area contributed by atoms with Crippen LogP contribution in [0.3, 0.4) is 0 Å². The van der Waals surface area contributed by atoms with E-state index in [2.05, 4.69) is 24.0 Å². The zero-order valence-electron chi connectivity index (χ0n) is 10.2. The van der Waals surface area contributed by atoms with Crippen LogP contribution in [0.15, 0.2) is 24.3 Å². The maximum absolute atomic E-state index is 5.69. The van der Waals surface area contributed by atoms with Gasteiger partial charge in [0.25, 0.3) is 0 Å². The Morgan fingerprint density at radius 1 is 1.19 bits per heavy atom. The van der Waals surface area contributed by atoms with Crippen LogP contribution in [0.1, 0.15) is 31.7 Å². The molecule has 1 unspecified atom stereocenters. The Bertz CT molecular complexity index is 318. The molecule has 1 atom stereocenters. The summed E-state index contributed by atoms with van der Waals surface area (Å²) in [4.78, 5) is 2.56. The van der Waals surface area contributed by atoms with Crippen molar-refractivity contribution in [3.63, 3.8) is 0 Å². The molecule has 0 radical (unpaired) electrons. The van der Waals surface area contributed by atoms with E-state index in [0.29, 0.717) is 0 Å². The van der Waals surface area contributed by atoms with Crippen molar-refractivity contribution in [2.24, 2.45) is 5.92 Å². The van der Waals surface area contributed by atoms with Crippen LogP contribution < -0.4 is 5.73 Å². The largest absolute Gasteiger partial charge is 0.399 e. The zero-order valence-corrected chi connectivity index (χ0v) is 10.2. The number of likely N-dealkylation sites (tertiary alicyclic amines) is 1. The van der Waals surface area contributed by atoms with Crippen molar-refractivity contribution in [1.82, 2.24) is 4.90 Å². The Kier molecular flexibility index (Phi) is 3.83. The summed E-state index contributed by atoms with van der Waals surface area (Å²) >= 11 is 0. The molecule has 88 valence electrons. The molecule has 1 heterocycles. The van der Waals surface area contributed by atoms with E-state index in [1.807, 2.05) is 12.1 Å². The maximum atomic E-state index is 5.69. The van der Waals surface area contributed by atoms with Gasteiger partial charge in [-0.15, -0.1) is 0 Å². The molecule has 2 heteroatoms. The topological polar surface area (TPSA) is 29.3 Å². The first kappa shape index (κ1) is 11.5. The Hall–Kier alpha value is -1.02. The van der Waals surface area contributed by atoms with Gasteiger partial charge in [0.15, 0.2) is 0 Å². The molecule has 2 nitrogen and oxygen atoms in total. The van der Waals surface area contributed by atoms with Crippen LogP contribution in [0.2, 0.25) is 0 Å². The van der Waals surface area contributed by atoms with E-state index in [1.54, 1.807) is 0 Å². The van der Waals surface area contributed by atoms with Crippen molar-refractivity contribution in [1.29, 1.82) is 0 Å². The predicted molar refractivity (Wildman–Crippen MR) is 69.1 cm³/mol. The van der Waals surface area contributed by atoms with Crippen molar-refractivity contribution < 1.29 is 0 Å². The summed E-state index contributed by atoms with van der Waals surface area (Å²) in [7, 11) is 0. The first-order valence-electron chi connectivity index (χ1n) is 6.31. The maximum Gasteiger partial charge on any atom is 0.0314 e. The molecule has 0 bridgehead atoms. The lowest BCUT2D eigenvalue weighted by molar-refractivity contribution is 0.273. The fraction of sp³-hybridized carbons (Fsp3) is 0.571. The van der Waals surface area contributed by atoms with Crippen LogP contribution in [-0.4, -0.2) is 18.0 Å². The number of benzene rings is 1. The zero-order chi connectivity index (χ0) is 11.4. The average Bonchev–Trinajstić information content (AvgIpc) is 2.47. The highest BCUT2D eigenvalue weighted by Gasteiger charge is 2.13. The van der Waals surface area contributed by atoms with Crippen molar-refractivity contribution >= 4 is 5.69 Å². The lowest BCUT2D eigenvalue weighted by Crippen LogP contribution is -2.24. The minimum Gasteiger partial charge on any atom is -0.399 e. The van der Waals surface area contributed by atoms with Gasteiger partial charge in [-0.3, -0.25) is 4.90 Å². The summed E-state index contributed by atoms with van der Waals surface area (Å²) in [5.74, 6) is 0.899. The molecule has 0 spiro atoms. The van der Waals surface area contributed by atoms with Crippen molar-refractivity contribution in [2.75, 3.05) is 18.8 Å². The molecule has 1 aromatic carbocycles. The van der Waals surface area contributed by atoms with E-state index >= 15 is 0 Å². The lowest BCUT2D eigenvalue weighted by atomic mass is 10.0. The summed E-state index contributed by atoms with van der Waals surface area (Å²) in [6, 6.07) is 8.28. The molecule has 1 saturated heterocycles. The second-order valence-corrected chi connectivity index (χ2v) is 5.05. The van der Waals surface area contributed by atoms with Gasteiger partial charge in [-0.2, -0.15) is 0 Å². The number of hydrogen-bond donors (Lipinski definition) is 1. The van der Waals surface area contributed by atoms with Gasteiger partial charge in [-0.25, -0.2) is 0 Å². The van der Waals surface area contributed by atoms with Crippen LogP contribution in [0.5, 0.6) is 0 Å². The van der Waals surface area contributed by atoms with E-state index in [9.17, 15) is 0 Å². The van der Waals surface area contributed by atoms with Crippen molar-refractivity contribution in [3.8, 4) is 0 Å². The summed E-state index contributed by atoms with van der Waals surface area (Å²) in [5.41, 5.74) is 7.92. The third kappa shape index (κ3) is 3.24. The van der Waals surface area contributed by atoms with E-state index in [0.717, 1.165) is 18.2 Å². The molecule has 1 fully saturated rings. The Balaban J connectivity index is 1.91. The molecule has 0 saturated carbocycles. The minimum atomic E-state index is 0.855. The SMILES string of the molecule is CC1CCCN(Cc2ccc(N)cc2)CC1. The van der Waals surface area contributed by atoms with Gasteiger partial charge in [-0.05, 0) is 56.0 Å². The fourth-order valence-corrected chi connectivity index (χ4v) is 2.36. The van der Waals surface area contributed by atoms with E-state index in [4.69, 9.17) is 5.73 Å². The molecular weight excluding hydrogens is 196 g/mol. The monoisotopic (exact) mass is 218 g/mol. The number of nitrogens with zero attached hydrogens (tertiary/aromatic N) is 1. The highest BCUT2D eigenvalue weighted by Crippen LogP contribution is 2.18. The summed E-state index contributed by atoms with van der Waals surface area (Å²) in [6.07, 6.45) is 4.07. The molecule has 2 N–H and O–H groups in total. The number of rotatable bonds is 2. The van der Waals surface area contributed by atoms with Gasteiger partial charge in [0, 0.05) is 12.2 Å². The summed E-state index contributed by atoms with van der Waals surface area (Å²) < 4.78 is 0. The standard InChI is InChI=1S/C14H22N2/c1-12-3-2-9-16(10-8-12)11-13-4-6-14(15)7-5-13/h4-7,12H,2-3,8-11,15H2,1H3. The van der Waals surface area contributed by atoms with Crippen LogP contribution in [0, 0.1) is 5.92 Å². The highest BCUT2D eigenvalue weighted by molar-refractivity contribution is 5.39. The normalized spacial score (nSPS) is 22.9. The first-order chi connectivity index (χ1) is 7.74. The number of nitrogen functional groups attached to an aromatic ring is 1. The highest BCUT2D eigenvalue weighted by atomic mass is 15.1. The van der Waals surface area contributed by atoms with Crippen LogP contribution >= 0.6 is 0 Å². The lowest BCUT2D eigenvalue weighted by Gasteiger charge is -2.19. The van der Waals surface area contributed by atoms with Gasteiger partial charge in [0.05, 0.1) is 0 Å². The van der Waals surface area contributed by atoms with Gasteiger partial charge < -0.3 is 5.73 Å². The average molecular weight is 218 g/mol. The van der Waals surface area contributed by atoms with Gasteiger partial charge in [0.2, 0.25) is 0 Å². The smallest absolute Gasteiger partial charge is 0.0314 e. The van der Waals surface area contributed by atoms with E-state index < -0.39 is 0 Å². The molecular formula is C14H22N2. The van der Waals surface area contributed by atoms with Gasteiger partial charge >= 0.3 is 0 Å². The second kappa shape index (κ2) is 5.35. The van der Waals surface area contributed by atoms with Gasteiger partial charge in [0.1, 0.15) is 0 Å². The molecule has 0 aromatic heterocycles. The van der Waals surface area contributed by atoms with Crippen molar-refractivity contribution in [2.45, 2.75) is 32.7 Å². The Labute approximate surface area is 98.4 Å². The summed E-state index contributed by atoms with van der Waals surface area (Å²) in [6.45, 7) is 5.93. The number of anilines is 1. The van der Waals surface area contributed by atoms with Gasteiger partial charge in [-0.1, -0.05) is 19.1 Å². The van der Waals surface area contributed by atoms with E-state index in [1.165, 1.54) is 37.9 Å². The fourth-order valence-electron chi connectivity index (χ4n) is 2.36. The molecule has 0 amide bonds. The third-order valence-electron chi connectivity index (χ3n) is 3.50. The number of nitrogens with two attached hydrogens (primary N) is 1. The molecule has 2 rings (SSSR count). The van der Waals surface area contributed by atoms with Crippen molar-refractivity contribution in [3.05, 3.63) is 29.8 Å². The predicted octanol–water partition coefficient (Wildman–Crippen LogP) is 2.89. The molecule has 1 aliphatic rings. The quantitative estimate of drug-likeness (QED) is 0.773. The number of hydrogen-bond acceptors (Lipinski definition) is 2. The van der Waals surface area contributed by atoms with Crippen LogP contribution in [0.25, 0.3) is 0 Å². The van der Waals surface area contributed by atoms with Crippen LogP contribution in [-0.2, 0) is 6.54 Å². The molecule has 16 heavy (non-hydrogen) atoms. The molecule has 1 aromatic rings. The molecule has 0 aliphatic carbocycles. The molecule has 1 aliphatic heterocycles. The Morgan fingerprint density at radius 2 is 1.94 bits per heavy atom. The second-order valence-electron chi connectivity index (χ2n) is 5.05. The first-order valence-corrected chi connectivity index (χ1v) is 6.31. The summed E-state index contributed by atoms with van der Waals surface area (Å²) in [5, 5.41) is 0.